The Kier molecular flexibility index (Phi) is 4.09. The number of ether oxygens (including phenoxy) is 2. The Morgan fingerprint density at radius 3 is 2.22 bits per heavy atom. The highest BCUT2D eigenvalue weighted by Gasteiger charge is 2.01. The fraction of sp³-hybridized carbons (Fsp3) is 0.231. The van der Waals surface area contributed by atoms with E-state index in [0.717, 1.165) is 17.7 Å². The molecule has 0 aliphatic carbocycles. The predicted octanol–water partition coefficient (Wildman–Crippen LogP) is 1.78. The van der Waals surface area contributed by atoms with Crippen molar-refractivity contribution in [1.82, 2.24) is 9.97 Å². The van der Waals surface area contributed by atoms with Crippen molar-refractivity contribution in [1.29, 1.82) is 0 Å². The van der Waals surface area contributed by atoms with Gasteiger partial charge in [0, 0.05) is 12.4 Å². The summed E-state index contributed by atoms with van der Waals surface area (Å²) in [4.78, 5) is 8.23. The molecule has 0 radical (unpaired) electrons. The summed E-state index contributed by atoms with van der Waals surface area (Å²) in [6.07, 6.45) is 4.21. The molecular weight excluding hydrogens is 230 g/mol. The lowest BCUT2D eigenvalue weighted by Crippen LogP contribution is -2.03. The number of nitrogens with two attached hydrogens (primary N) is 1. The van der Waals surface area contributed by atoms with Crippen molar-refractivity contribution >= 4 is 0 Å². The van der Waals surface area contributed by atoms with E-state index in [1.165, 1.54) is 0 Å². The van der Waals surface area contributed by atoms with Gasteiger partial charge in [0.2, 0.25) is 0 Å². The van der Waals surface area contributed by atoms with Crippen molar-refractivity contribution in [3.05, 3.63) is 42.2 Å². The average Bonchev–Trinajstić information content (AvgIpc) is 2.42. The molecule has 5 heteroatoms. The maximum atomic E-state index is 5.50. The molecule has 0 bridgehead atoms. The monoisotopic (exact) mass is 245 g/mol. The van der Waals surface area contributed by atoms with Crippen LogP contribution in [0.25, 0.3) is 0 Å². The van der Waals surface area contributed by atoms with Gasteiger partial charge in [-0.3, -0.25) is 0 Å². The SMILES string of the molecule is COc1ccc(Oc2ncc(CCN)cn2)cc1. The minimum Gasteiger partial charge on any atom is -0.497 e. The Morgan fingerprint density at radius 1 is 1.06 bits per heavy atom. The molecule has 0 saturated heterocycles. The summed E-state index contributed by atoms with van der Waals surface area (Å²) in [5.74, 6) is 1.45. The van der Waals surface area contributed by atoms with E-state index in [2.05, 4.69) is 9.97 Å². The van der Waals surface area contributed by atoms with Gasteiger partial charge in [-0.25, -0.2) is 9.97 Å². The fourth-order valence-corrected chi connectivity index (χ4v) is 1.44. The molecule has 5 nitrogen and oxygen atoms in total. The van der Waals surface area contributed by atoms with Crippen LogP contribution in [-0.2, 0) is 6.42 Å². The number of aromatic nitrogens is 2. The number of benzene rings is 1. The van der Waals surface area contributed by atoms with Crippen LogP contribution in [0, 0.1) is 0 Å². The zero-order valence-electron chi connectivity index (χ0n) is 10.2. The van der Waals surface area contributed by atoms with E-state index in [4.69, 9.17) is 15.2 Å². The first-order valence-corrected chi connectivity index (χ1v) is 5.64. The second-order valence-corrected chi connectivity index (χ2v) is 3.69. The van der Waals surface area contributed by atoms with Gasteiger partial charge in [-0.15, -0.1) is 0 Å². The summed E-state index contributed by atoms with van der Waals surface area (Å²) < 4.78 is 10.6. The van der Waals surface area contributed by atoms with Gasteiger partial charge in [0.1, 0.15) is 11.5 Å². The first kappa shape index (κ1) is 12.3. The van der Waals surface area contributed by atoms with Crippen LogP contribution >= 0.6 is 0 Å². The standard InChI is InChI=1S/C13H15N3O2/c1-17-11-2-4-12(5-3-11)18-13-15-8-10(6-7-14)9-16-13/h2-5,8-9H,6-7,14H2,1H3. The van der Waals surface area contributed by atoms with E-state index in [-0.39, 0.29) is 0 Å². The number of methoxy groups -OCH3 is 1. The van der Waals surface area contributed by atoms with Crippen molar-refractivity contribution in [2.75, 3.05) is 13.7 Å². The average molecular weight is 245 g/mol. The first-order chi connectivity index (χ1) is 8.81. The molecule has 2 N–H and O–H groups in total. The van der Waals surface area contributed by atoms with E-state index < -0.39 is 0 Å². The minimum atomic E-state index is 0.320. The van der Waals surface area contributed by atoms with Crippen molar-refractivity contribution < 1.29 is 9.47 Å². The lowest BCUT2D eigenvalue weighted by atomic mass is 10.2. The summed E-state index contributed by atoms with van der Waals surface area (Å²) in [6, 6.07) is 7.56. The molecule has 0 aliphatic rings. The molecule has 2 rings (SSSR count). The summed E-state index contributed by atoms with van der Waals surface area (Å²) in [6.45, 7) is 0.585. The van der Waals surface area contributed by atoms with Gasteiger partial charge in [-0.1, -0.05) is 0 Å². The van der Waals surface area contributed by atoms with Gasteiger partial charge >= 0.3 is 6.01 Å². The molecule has 1 heterocycles. The maximum absolute atomic E-state index is 5.50. The molecule has 2 aromatic rings. The van der Waals surface area contributed by atoms with Gasteiger partial charge in [0.15, 0.2) is 0 Å². The summed E-state index contributed by atoms with van der Waals surface area (Å²) >= 11 is 0. The Morgan fingerprint density at radius 2 is 1.67 bits per heavy atom. The third kappa shape index (κ3) is 3.18. The zero-order chi connectivity index (χ0) is 12.8. The fourth-order valence-electron chi connectivity index (χ4n) is 1.44. The highest BCUT2D eigenvalue weighted by Crippen LogP contribution is 2.20. The van der Waals surface area contributed by atoms with Gasteiger partial charge in [0.05, 0.1) is 7.11 Å². The Bertz CT molecular complexity index is 483. The molecule has 1 aromatic heterocycles. The van der Waals surface area contributed by atoms with E-state index in [9.17, 15) is 0 Å². The van der Waals surface area contributed by atoms with Gasteiger partial charge in [0.25, 0.3) is 0 Å². The largest absolute Gasteiger partial charge is 0.497 e. The topological polar surface area (TPSA) is 70.3 Å². The smallest absolute Gasteiger partial charge is 0.321 e. The van der Waals surface area contributed by atoms with Crippen LogP contribution in [0.1, 0.15) is 5.56 Å². The lowest BCUT2D eigenvalue weighted by Gasteiger charge is -2.05. The molecule has 0 unspecified atom stereocenters. The van der Waals surface area contributed by atoms with Crippen molar-refractivity contribution in [2.24, 2.45) is 5.73 Å². The van der Waals surface area contributed by atoms with Crippen LogP contribution in [0.5, 0.6) is 17.5 Å². The molecular formula is C13H15N3O2. The van der Waals surface area contributed by atoms with E-state index >= 15 is 0 Å². The van der Waals surface area contributed by atoms with Crippen LogP contribution in [0.4, 0.5) is 0 Å². The quantitative estimate of drug-likeness (QED) is 0.869. The van der Waals surface area contributed by atoms with E-state index in [0.29, 0.717) is 18.3 Å². The van der Waals surface area contributed by atoms with Crippen LogP contribution < -0.4 is 15.2 Å². The summed E-state index contributed by atoms with van der Waals surface area (Å²) in [5, 5.41) is 0. The molecule has 0 atom stereocenters. The number of hydrogen-bond donors (Lipinski definition) is 1. The summed E-state index contributed by atoms with van der Waals surface area (Å²) in [7, 11) is 1.62. The highest BCUT2D eigenvalue weighted by molar-refractivity contribution is 5.32. The van der Waals surface area contributed by atoms with Crippen molar-refractivity contribution in [2.45, 2.75) is 6.42 Å². The molecule has 0 fully saturated rings. The van der Waals surface area contributed by atoms with Crippen LogP contribution in [0.2, 0.25) is 0 Å². The second-order valence-electron chi connectivity index (χ2n) is 3.69. The molecule has 94 valence electrons. The normalized spacial score (nSPS) is 10.1. The van der Waals surface area contributed by atoms with E-state index in [1.807, 2.05) is 12.1 Å². The lowest BCUT2D eigenvalue weighted by molar-refractivity contribution is 0.410. The Balaban J connectivity index is 2.03. The molecule has 1 aromatic carbocycles. The number of hydrogen-bond acceptors (Lipinski definition) is 5. The molecule has 0 amide bonds. The molecule has 0 spiro atoms. The highest BCUT2D eigenvalue weighted by atomic mass is 16.5. The van der Waals surface area contributed by atoms with Gasteiger partial charge in [-0.05, 0) is 42.8 Å². The van der Waals surface area contributed by atoms with Gasteiger partial charge in [-0.2, -0.15) is 0 Å². The number of rotatable bonds is 5. The molecule has 0 aliphatic heterocycles. The molecule has 18 heavy (non-hydrogen) atoms. The third-order valence-electron chi connectivity index (χ3n) is 2.38. The van der Waals surface area contributed by atoms with Gasteiger partial charge < -0.3 is 15.2 Å². The van der Waals surface area contributed by atoms with E-state index in [1.54, 1.807) is 31.6 Å². The molecule has 0 saturated carbocycles. The van der Waals surface area contributed by atoms with Crippen molar-refractivity contribution in [3.8, 4) is 17.5 Å². The minimum absolute atomic E-state index is 0.320. The summed E-state index contributed by atoms with van der Waals surface area (Å²) in [5.41, 5.74) is 6.45. The second kappa shape index (κ2) is 5.97. The predicted molar refractivity (Wildman–Crippen MR) is 67.9 cm³/mol. The third-order valence-corrected chi connectivity index (χ3v) is 2.38. The Hall–Kier alpha value is -2.14. The number of nitrogens with zero attached hydrogens (tertiary/aromatic N) is 2. The van der Waals surface area contributed by atoms with Crippen LogP contribution in [0.15, 0.2) is 36.7 Å². The van der Waals surface area contributed by atoms with Crippen molar-refractivity contribution in [3.63, 3.8) is 0 Å². The van der Waals surface area contributed by atoms with Crippen LogP contribution in [0.3, 0.4) is 0 Å². The first-order valence-electron chi connectivity index (χ1n) is 5.64. The Labute approximate surface area is 106 Å². The zero-order valence-corrected chi connectivity index (χ0v) is 10.2. The maximum Gasteiger partial charge on any atom is 0.321 e. The van der Waals surface area contributed by atoms with Crippen LogP contribution in [-0.4, -0.2) is 23.6 Å².